The Kier molecular flexibility index (Phi) is 6.89. The molecule has 3 aromatic rings. The summed E-state index contributed by atoms with van der Waals surface area (Å²) in [5.41, 5.74) is 2.24. The molecule has 0 aliphatic heterocycles. The lowest BCUT2D eigenvalue weighted by atomic mass is 10.1. The predicted octanol–water partition coefficient (Wildman–Crippen LogP) is 3.60. The maximum atomic E-state index is 12.5. The molecule has 2 aromatic carbocycles. The van der Waals surface area contributed by atoms with Crippen molar-refractivity contribution in [3.63, 3.8) is 0 Å². The SMILES string of the molecule is COc1ccc(C(=O)CSc2nnc([C@H](C)NC(=O)c3cccc(C)c3)n2C)cc1. The van der Waals surface area contributed by atoms with Crippen molar-refractivity contribution in [1.29, 1.82) is 0 Å². The number of rotatable bonds is 8. The quantitative estimate of drug-likeness (QED) is 0.439. The zero-order chi connectivity index (χ0) is 21.7. The van der Waals surface area contributed by atoms with Gasteiger partial charge < -0.3 is 14.6 Å². The van der Waals surface area contributed by atoms with Crippen molar-refractivity contribution >= 4 is 23.5 Å². The van der Waals surface area contributed by atoms with Gasteiger partial charge in [-0.25, -0.2) is 0 Å². The molecule has 0 spiro atoms. The van der Waals surface area contributed by atoms with Crippen LogP contribution in [0.3, 0.4) is 0 Å². The molecule has 1 N–H and O–H groups in total. The van der Waals surface area contributed by atoms with E-state index in [4.69, 9.17) is 4.74 Å². The van der Waals surface area contributed by atoms with E-state index in [1.54, 1.807) is 42.0 Å². The minimum Gasteiger partial charge on any atom is -0.497 e. The molecule has 7 nitrogen and oxygen atoms in total. The number of nitrogens with one attached hydrogen (secondary N) is 1. The average Bonchev–Trinajstić information content (AvgIpc) is 3.12. The highest BCUT2D eigenvalue weighted by Crippen LogP contribution is 2.21. The lowest BCUT2D eigenvalue weighted by Crippen LogP contribution is -2.28. The van der Waals surface area contributed by atoms with Gasteiger partial charge in [0, 0.05) is 18.2 Å². The third-order valence-corrected chi connectivity index (χ3v) is 5.65. The normalized spacial score (nSPS) is 11.7. The van der Waals surface area contributed by atoms with Crippen molar-refractivity contribution in [3.05, 3.63) is 71.0 Å². The molecule has 8 heteroatoms. The van der Waals surface area contributed by atoms with Gasteiger partial charge in [0.15, 0.2) is 16.8 Å². The van der Waals surface area contributed by atoms with E-state index in [-0.39, 0.29) is 23.5 Å². The zero-order valence-electron chi connectivity index (χ0n) is 17.4. The van der Waals surface area contributed by atoms with Crippen LogP contribution in [-0.4, -0.2) is 39.3 Å². The van der Waals surface area contributed by atoms with Crippen molar-refractivity contribution in [2.24, 2.45) is 7.05 Å². The van der Waals surface area contributed by atoms with E-state index in [2.05, 4.69) is 15.5 Å². The number of ether oxygens (including phenoxy) is 1. The number of benzene rings is 2. The van der Waals surface area contributed by atoms with Crippen LogP contribution in [0.4, 0.5) is 0 Å². The molecule has 0 fully saturated rings. The fraction of sp³-hybridized carbons (Fsp3) is 0.273. The molecule has 0 bridgehead atoms. The van der Waals surface area contributed by atoms with Gasteiger partial charge >= 0.3 is 0 Å². The topological polar surface area (TPSA) is 86.1 Å². The molecule has 0 aliphatic rings. The number of methoxy groups -OCH3 is 1. The third kappa shape index (κ3) is 5.07. The molecule has 0 saturated heterocycles. The van der Waals surface area contributed by atoms with Gasteiger partial charge in [0.05, 0.1) is 18.9 Å². The minimum atomic E-state index is -0.331. The Hall–Kier alpha value is -3.13. The minimum absolute atomic E-state index is 0.00648. The molecule has 0 radical (unpaired) electrons. The first-order valence-corrected chi connectivity index (χ1v) is 10.4. The summed E-state index contributed by atoms with van der Waals surface area (Å²) in [6.07, 6.45) is 0. The number of amides is 1. The van der Waals surface area contributed by atoms with Crippen molar-refractivity contribution in [2.45, 2.75) is 25.0 Å². The van der Waals surface area contributed by atoms with E-state index in [0.29, 0.717) is 27.9 Å². The molecule has 1 amide bonds. The molecule has 3 rings (SSSR count). The summed E-state index contributed by atoms with van der Waals surface area (Å²) in [6.45, 7) is 3.80. The fourth-order valence-corrected chi connectivity index (χ4v) is 3.76. The van der Waals surface area contributed by atoms with Crippen LogP contribution in [0.25, 0.3) is 0 Å². The van der Waals surface area contributed by atoms with E-state index in [1.165, 1.54) is 11.8 Å². The second kappa shape index (κ2) is 9.58. The van der Waals surface area contributed by atoms with Crippen LogP contribution < -0.4 is 10.1 Å². The summed E-state index contributed by atoms with van der Waals surface area (Å²) in [4.78, 5) is 24.9. The maximum Gasteiger partial charge on any atom is 0.251 e. The van der Waals surface area contributed by atoms with Gasteiger partial charge in [0.1, 0.15) is 5.75 Å². The number of thioether (sulfide) groups is 1. The number of Topliss-reactive ketones (excluding diaryl/α,β-unsaturated/α-hetero) is 1. The Morgan fingerprint density at radius 2 is 1.87 bits per heavy atom. The Balaban J connectivity index is 1.61. The standard InChI is InChI=1S/C22H24N4O3S/c1-14-6-5-7-17(12-14)21(28)23-15(2)20-24-25-22(26(20)3)30-13-19(27)16-8-10-18(29-4)11-9-16/h5-12,15H,13H2,1-4H3,(H,23,28)/t15-/m0/s1. The van der Waals surface area contributed by atoms with Crippen molar-refractivity contribution in [1.82, 2.24) is 20.1 Å². The fourth-order valence-electron chi connectivity index (χ4n) is 2.95. The number of ketones is 1. The highest BCUT2D eigenvalue weighted by Gasteiger charge is 2.19. The van der Waals surface area contributed by atoms with Crippen LogP contribution in [0.2, 0.25) is 0 Å². The molecule has 0 saturated carbocycles. The van der Waals surface area contributed by atoms with E-state index in [0.717, 1.165) is 5.56 Å². The average molecular weight is 425 g/mol. The van der Waals surface area contributed by atoms with Gasteiger partial charge in [-0.05, 0) is 50.2 Å². The molecule has 156 valence electrons. The van der Waals surface area contributed by atoms with E-state index in [9.17, 15) is 9.59 Å². The highest BCUT2D eigenvalue weighted by molar-refractivity contribution is 7.99. The number of hydrogen-bond donors (Lipinski definition) is 1. The number of carbonyl (C=O) groups is 2. The lowest BCUT2D eigenvalue weighted by Gasteiger charge is -2.14. The van der Waals surface area contributed by atoms with Gasteiger partial charge in [-0.3, -0.25) is 9.59 Å². The number of nitrogens with zero attached hydrogens (tertiary/aromatic N) is 3. The number of carbonyl (C=O) groups excluding carboxylic acids is 2. The summed E-state index contributed by atoms with van der Waals surface area (Å²) in [7, 11) is 3.41. The first-order valence-electron chi connectivity index (χ1n) is 9.46. The first kappa shape index (κ1) is 21.6. The summed E-state index contributed by atoms with van der Waals surface area (Å²) < 4.78 is 6.91. The summed E-state index contributed by atoms with van der Waals surface area (Å²) >= 11 is 1.31. The lowest BCUT2D eigenvalue weighted by molar-refractivity contribution is 0.0937. The molecule has 1 aromatic heterocycles. The molecule has 30 heavy (non-hydrogen) atoms. The van der Waals surface area contributed by atoms with Gasteiger partial charge in [-0.2, -0.15) is 0 Å². The first-order chi connectivity index (χ1) is 14.4. The van der Waals surface area contributed by atoms with Crippen LogP contribution in [0, 0.1) is 6.92 Å². The molecular formula is C22H24N4O3S. The summed E-state index contributed by atoms with van der Waals surface area (Å²) in [5.74, 6) is 1.39. The molecular weight excluding hydrogens is 400 g/mol. The van der Waals surface area contributed by atoms with Gasteiger partial charge in [-0.15, -0.1) is 10.2 Å². The van der Waals surface area contributed by atoms with E-state index >= 15 is 0 Å². The molecule has 0 aliphatic carbocycles. The Labute approximate surface area is 179 Å². The summed E-state index contributed by atoms with van der Waals surface area (Å²) in [5, 5.41) is 11.9. The smallest absolute Gasteiger partial charge is 0.251 e. The molecule has 1 heterocycles. The second-order valence-electron chi connectivity index (χ2n) is 6.90. The van der Waals surface area contributed by atoms with E-state index in [1.807, 2.05) is 39.1 Å². The van der Waals surface area contributed by atoms with Crippen LogP contribution in [-0.2, 0) is 7.05 Å². The summed E-state index contributed by atoms with van der Waals surface area (Å²) in [6, 6.07) is 14.1. The van der Waals surface area contributed by atoms with Crippen LogP contribution in [0.1, 0.15) is 45.1 Å². The van der Waals surface area contributed by atoms with Gasteiger partial charge in [0.2, 0.25) is 0 Å². The predicted molar refractivity (Wildman–Crippen MR) is 116 cm³/mol. The van der Waals surface area contributed by atoms with Gasteiger partial charge in [0.25, 0.3) is 5.91 Å². The second-order valence-corrected chi connectivity index (χ2v) is 7.85. The highest BCUT2D eigenvalue weighted by atomic mass is 32.2. The van der Waals surface area contributed by atoms with Crippen molar-refractivity contribution in [2.75, 3.05) is 12.9 Å². The molecule has 1 atom stereocenters. The number of aromatic nitrogens is 3. The van der Waals surface area contributed by atoms with Gasteiger partial charge in [-0.1, -0.05) is 29.5 Å². The number of hydrogen-bond acceptors (Lipinski definition) is 6. The maximum absolute atomic E-state index is 12.5. The zero-order valence-corrected chi connectivity index (χ0v) is 18.2. The Morgan fingerprint density at radius 3 is 2.53 bits per heavy atom. The Morgan fingerprint density at radius 1 is 1.13 bits per heavy atom. The largest absolute Gasteiger partial charge is 0.497 e. The van der Waals surface area contributed by atoms with Crippen LogP contribution in [0.15, 0.2) is 53.7 Å². The van der Waals surface area contributed by atoms with Crippen LogP contribution >= 0.6 is 11.8 Å². The molecule has 0 unspecified atom stereocenters. The van der Waals surface area contributed by atoms with Crippen molar-refractivity contribution in [3.8, 4) is 5.75 Å². The Bertz CT molecular complexity index is 1050. The van der Waals surface area contributed by atoms with Crippen LogP contribution in [0.5, 0.6) is 5.75 Å². The third-order valence-electron chi connectivity index (χ3n) is 4.63. The van der Waals surface area contributed by atoms with Crippen molar-refractivity contribution < 1.29 is 14.3 Å². The van der Waals surface area contributed by atoms with E-state index < -0.39 is 0 Å². The number of aryl methyl sites for hydroxylation is 1. The monoisotopic (exact) mass is 424 g/mol.